The Labute approximate surface area is 328 Å². The largest absolute Gasteiger partial charge is 0.497 e. The quantitative estimate of drug-likeness (QED) is 0.158. The number of para-hydroxylation sites is 4. The van der Waals surface area contributed by atoms with Gasteiger partial charge in [-0.1, -0.05) is 114 Å². The number of ether oxygens (including phenoxy) is 2. The molecule has 1 aliphatic rings. The summed E-state index contributed by atoms with van der Waals surface area (Å²) in [4.78, 5) is 0. The van der Waals surface area contributed by atoms with Gasteiger partial charge in [0.05, 0.1) is 14.2 Å². The molecule has 1 aliphatic carbocycles. The predicted molar refractivity (Wildman–Crippen MR) is 226 cm³/mol. The molecule has 0 bridgehead atoms. The highest BCUT2D eigenvalue weighted by Crippen LogP contribution is 2.62. The van der Waals surface area contributed by atoms with Crippen LogP contribution in [-0.2, 0) is 4.74 Å². The molecule has 0 radical (unpaired) electrons. The monoisotopic (exact) mass is 788 g/mol. The minimum atomic E-state index is -2.01. The van der Waals surface area contributed by atoms with Crippen molar-refractivity contribution >= 4 is 65.9 Å². The molecule has 2 aromatic heterocycles. The molecular weight excluding hydrogens is 742 g/mol. The number of hydrogen-bond acceptors (Lipinski definition) is 8. The fourth-order valence-electron chi connectivity index (χ4n) is 8.26. The number of methoxy groups -OCH3 is 2. The van der Waals surface area contributed by atoms with E-state index in [1.807, 2.05) is 121 Å². The van der Waals surface area contributed by atoms with E-state index >= 15 is 0 Å². The zero-order valence-electron chi connectivity index (χ0n) is 32.9. The average Bonchev–Trinajstić information content (AvgIpc) is 3.44. The van der Waals surface area contributed by atoms with Crippen LogP contribution in [0.4, 0.5) is 0 Å². The lowest BCUT2D eigenvalue weighted by Gasteiger charge is -2.57. The highest BCUT2D eigenvalue weighted by Gasteiger charge is 2.58. The molecule has 5 aromatic carbocycles. The van der Waals surface area contributed by atoms with Crippen LogP contribution in [0.15, 0.2) is 150 Å². The van der Waals surface area contributed by atoms with Gasteiger partial charge in [-0.2, -0.15) is 0 Å². The van der Waals surface area contributed by atoms with E-state index in [0.717, 1.165) is 32.7 Å². The number of allylic oxidation sites excluding steroid dienone is 1. The van der Waals surface area contributed by atoms with E-state index in [-0.39, 0.29) is 10.8 Å². The Kier molecular flexibility index (Phi) is 9.87. The first-order valence-electron chi connectivity index (χ1n) is 18.6. The summed E-state index contributed by atoms with van der Waals surface area (Å²) in [7, 11) is -0.638. The Morgan fingerprint density at radius 1 is 0.554 bits per heavy atom. The van der Waals surface area contributed by atoms with Gasteiger partial charge in [-0.15, -0.1) is 0 Å². The van der Waals surface area contributed by atoms with E-state index in [0.29, 0.717) is 39.6 Å². The molecule has 0 saturated carbocycles. The SMILES string of the molecule is COC1=CC(C(C)(C)C)(C(C)(C)C)C(Op2oc3ccccc3c3ccccc3o2)C(c2cc(OC)ccc2Op2oc3ccccc3c3ccccc3o2)=C1. The van der Waals surface area contributed by atoms with Crippen molar-refractivity contribution < 1.29 is 35.3 Å². The first-order chi connectivity index (χ1) is 26.9. The third-order valence-corrected chi connectivity index (χ3v) is 12.9. The summed E-state index contributed by atoms with van der Waals surface area (Å²) < 4.78 is 52.7. The maximum Gasteiger partial charge on any atom is 0.453 e. The summed E-state index contributed by atoms with van der Waals surface area (Å²) in [5.41, 5.74) is 2.77. The number of fused-ring (bicyclic) bond motifs is 6. The van der Waals surface area contributed by atoms with E-state index in [9.17, 15) is 0 Å². The molecule has 0 aliphatic heterocycles. The molecule has 0 N–H and O–H groups in total. The van der Waals surface area contributed by atoms with Crippen molar-refractivity contribution in [1.29, 1.82) is 0 Å². The third-order valence-electron chi connectivity index (χ3n) is 10.8. The number of benzene rings is 5. The van der Waals surface area contributed by atoms with Crippen molar-refractivity contribution in [2.45, 2.75) is 47.6 Å². The Bertz CT molecular complexity index is 2600. The molecule has 8 nitrogen and oxygen atoms in total. The fraction of sp³-hybridized carbons (Fsp3) is 0.261. The van der Waals surface area contributed by atoms with Gasteiger partial charge in [-0.05, 0) is 71.0 Å². The predicted octanol–water partition coefficient (Wildman–Crippen LogP) is 14.2. The zero-order valence-corrected chi connectivity index (χ0v) is 34.7. The Morgan fingerprint density at radius 2 is 1.00 bits per heavy atom. The number of rotatable bonds is 7. The van der Waals surface area contributed by atoms with E-state index in [2.05, 4.69) is 47.6 Å². The Morgan fingerprint density at radius 3 is 1.43 bits per heavy atom. The lowest BCUT2D eigenvalue weighted by molar-refractivity contribution is -0.0458. The van der Waals surface area contributed by atoms with Gasteiger partial charge in [0.15, 0.2) is 0 Å². The molecular formula is C46H46O8P2. The van der Waals surface area contributed by atoms with Crippen LogP contribution >= 0.6 is 16.5 Å². The summed E-state index contributed by atoms with van der Waals surface area (Å²) in [6.07, 6.45) is 3.58. The van der Waals surface area contributed by atoms with Gasteiger partial charge in [0.25, 0.3) is 0 Å². The Hall–Kier alpha value is -5.26. The highest BCUT2D eigenvalue weighted by molar-refractivity contribution is 7.32. The first kappa shape index (κ1) is 37.7. The minimum Gasteiger partial charge on any atom is -0.497 e. The van der Waals surface area contributed by atoms with Gasteiger partial charge in [-0.25, -0.2) is 0 Å². The summed E-state index contributed by atoms with van der Waals surface area (Å²) >= 11 is 0. The Balaban J connectivity index is 1.38. The lowest BCUT2D eigenvalue weighted by atomic mass is 9.49. The van der Waals surface area contributed by atoms with E-state index in [1.165, 1.54) is 0 Å². The fourth-order valence-corrected chi connectivity index (χ4v) is 10.5. The van der Waals surface area contributed by atoms with Crippen LogP contribution in [0.1, 0.15) is 47.1 Å². The van der Waals surface area contributed by atoms with Crippen LogP contribution in [-0.4, -0.2) is 20.3 Å². The van der Waals surface area contributed by atoms with Crippen LogP contribution in [0.2, 0.25) is 0 Å². The van der Waals surface area contributed by atoms with Crippen molar-refractivity contribution in [1.82, 2.24) is 0 Å². The highest BCUT2D eigenvalue weighted by atomic mass is 31.1. The smallest absolute Gasteiger partial charge is 0.453 e. The minimum absolute atomic E-state index is 0.388. The summed E-state index contributed by atoms with van der Waals surface area (Å²) in [6, 6.07) is 37.4. The molecule has 7 aromatic rings. The third kappa shape index (κ3) is 6.70. The zero-order chi connectivity index (χ0) is 39.2. The maximum absolute atomic E-state index is 7.38. The molecule has 0 spiro atoms. The maximum atomic E-state index is 7.38. The van der Waals surface area contributed by atoms with Gasteiger partial charge in [-0.3, -0.25) is 4.52 Å². The van der Waals surface area contributed by atoms with Crippen LogP contribution in [0, 0.1) is 16.2 Å². The van der Waals surface area contributed by atoms with E-state index in [1.54, 1.807) is 14.2 Å². The van der Waals surface area contributed by atoms with Crippen molar-refractivity contribution in [3.8, 4) is 11.5 Å². The molecule has 1 atom stereocenters. The molecule has 1 unspecified atom stereocenters. The number of hydrogen-bond donors (Lipinski definition) is 0. The van der Waals surface area contributed by atoms with Crippen molar-refractivity contribution in [3.05, 3.63) is 139 Å². The summed E-state index contributed by atoms with van der Waals surface area (Å²) in [5, 5.41) is 3.74. The van der Waals surface area contributed by atoms with Gasteiger partial charge < -0.3 is 30.8 Å². The molecule has 0 saturated heterocycles. The van der Waals surface area contributed by atoms with Crippen LogP contribution in [0.3, 0.4) is 0 Å². The van der Waals surface area contributed by atoms with Crippen LogP contribution in [0.25, 0.3) is 49.5 Å². The van der Waals surface area contributed by atoms with Gasteiger partial charge in [0.1, 0.15) is 45.7 Å². The molecule has 288 valence electrons. The normalized spacial score (nSPS) is 15.8. The van der Waals surface area contributed by atoms with E-state index < -0.39 is 28.0 Å². The molecule has 10 heteroatoms. The average molecular weight is 789 g/mol. The van der Waals surface area contributed by atoms with Gasteiger partial charge in [0, 0.05) is 32.5 Å². The summed E-state index contributed by atoms with van der Waals surface area (Å²) in [6.45, 7) is 13.4. The van der Waals surface area contributed by atoms with Crippen LogP contribution < -0.4 is 13.8 Å². The van der Waals surface area contributed by atoms with Gasteiger partial charge >= 0.3 is 16.5 Å². The lowest BCUT2D eigenvalue weighted by Crippen LogP contribution is -2.56. The van der Waals surface area contributed by atoms with E-state index in [4.69, 9.17) is 35.3 Å². The molecule has 0 fully saturated rings. The van der Waals surface area contributed by atoms with Crippen molar-refractivity contribution in [2.75, 3.05) is 14.2 Å². The second kappa shape index (κ2) is 14.7. The second-order valence-electron chi connectivity index (χ2n) is 16.0. The van der Waals surface area contributed by atoms with Crippen LogP contribution in [0.5, 0.6) is 11.5 Å². The molecule has 0 amide bonds. The molecule has 56 heavy (non-hydrogen) atoms. The second-order valence-corrected chi connectivity index (χ2v) is 18.0. The molecule has 8 rings (SSSR count). The summed E-state index contributed by atoms with van der Waals surface area (Å²) in [5.74, 6) is 1.85. The standard InChI is InChI=1S/C46H46O8P2/c1-44(2,3)46(45(4,5)6)29-31(48-8)28-37(43(46)54-56-51-40-23-15-11-19-34(40)35-20-12-16-24-41(35)52-56)36-27-30(47-7)25-26-42(36)53-55-49-38-21-13-9-17-32(38)33-18-10-14-22-39(33)50-55/h9-29,43H,1-8H3. The van der Waals surface area contributed by atoms with Crippen molar-refractivity contribution in [3.63, 3.8) is 0 Å². The first-order valence-corrected chi connectivity index (χ1v) is 20.8. The van der Waals surface area contributed by atoms with Gasteiger partial charge in [0.2, 0.25) is 0 Å². The van der Waals surface area contributed by atoms with Crippen molar-refractivity contribution in [2.24, 2.45) is 16.2 Å². The topological polar surface area (TPSA) is 89.5 Å². The molecule has 2 heterocycles.